The Morgan fingerprint density at radius 1 is 1.55 bits per heavy atom. The number of allylic oxidation sites excluding steroid dienone is 2. The molecule has 0 radical (unpaired) electrons. The van der Waals surface area contributed by atoms with Crippen molar-refractivity contribution >= 4 is 5.97 Å². The number of hydrogen-bond acceptors (Lipinski definition) is 2. The smallest absolute Gasteiger partial charge is 0.302 e. The highest BCUT2D eigenvalue weighted by Crippen LogP contribution is 1.98. The summed E-state index contributed by atoms with van der Waals surface area (Å²) in [6, 6.07) is 0. The third-order valence-electron chi connectivity index (χ3n) is 1.18. The van der Waals surface area contributed by atoms with Gasteiger partial charge in [0.15, 0.2) is 0 Å². The Morgan fingerprint density at radius 2 is 2.18 bits per heavy atom. The van der Waals surface area contributed by atoms with Gasteiger partial charge >= 0.3 is 5.97 Å². The van der Waals surface area contributed by atoms with Gasteiger partial charge in [0.05, 0.1) is 0 Å². The number of hydrogen-bond donors (Lipinski definition) is 0. The van der Waals surface area contributed by atoms with E-state index in [1.807, 2.05) is 19.1 Å². The molecule has 0 heterocycles. The second kappa shape index (κ2) is 5.71. The Morgan fingerprint density at radius 3 is 2.64 bits per heavy atom. The Labute approximate surface area is 67.6 Å². The minimum Gasteiger partial charge on any atom is -0.462 e. The third-order valence-corrected chi connectivity index (χ3v) is 1.18. The van der Waals surface area contributed by atoms with Crippen LogP contribution < -0.4 is 0 Å². The monoisotopic (exact) mass is 154 g/mol. The Kier molecular flexibility index (Phi) is 5.17. The first-order valence-electron chi connectivity index (χ1n) is 3.56. The zero-order valence-electron chi connectivity index (χ0n) is 7.09. The summed E-state index contributed by atoms with van der Waals surface area (Å²) in [6.07, 6.45) is 4.55. The molecule has 0 bridgehead atoms. The summed E-state index contributed by atoms with van der Waals surface area (Å²) in [5.74, 6) is -0.243. The van der Waals surface area contributed by atoms with E-state index in [9.17, 15) is 4.79 Å². The minimum atomic E-state index is -0.243. The second-order valence-corrected chi connectivity index (χ2v) is 2.35. The molecule has 0 N–H and O–H groups in total. The largest absolute Gasteiger partial charge is 0.462 e. The lowest BCUT2D eigenvalue weighted by Crippen LogP contribution is -1.98. The molecule has 0 aliphatic heterocycles. The van der Waals surface area contributed by atoms with Crippen LogP contribution in [0.3, 0.4) is 0 Å². The first-order chi connectivity index (χ1) is 5.16. The van der Waals surface area contributed by atoms with Crippen LogP contribution in [0.25, 0.3) is 0 Å². The average Bonchev–Trinajstić information content (AvgIpc) is 1.87. The molecule has 0 amide bonds. The molecule has 62 valence electrons. The first-order valence-corrected chi connectivity index (χ1v) is 3.56. The molecule has 0 aliphatic rings. The van der Waals surface area contributed by atoms with Gasteiger partial charge in [0.2, 0.25) is 0 Å². The number of esters is 1. The van der Waals surface area contributed by atoms with Crippen LogP contribution in [0.5, 0.6) is 0 Å². The van der Waals surface area contributed by atoms with Crippen molar-refractivity contribution in [1.29, 1.82) is 0 Å². The molecule has 0 aromatic heterocycles. The van der Waals surface area contributed by atoms with Crippen molar-refractivity contribution in [2.45, 2.75) is 20.3 Å². The van der Waals surface area contributed by atoms with Crippen LogP contribution in [0.1, 0.15) is 20.3 Å². The van der Waals surface area contributed by atoms with E-state index in [2.05, 4.69) is 6.58 Å². The first kappa shape index (κ1) is 9.95. The lowest BCUT2D eigenvalue weighted by molar-refractivity contribution is -0.139. The highest BCUT2D eigenvalue weighted by Gasteiger charge is 1.88. The fraction of sp³-hybridized carbons (Fsp3) is 0.444. The maximum atomic E-state index is 10.3. The van der Waals surface area contributed by atoms with Crippen LogP contribution in [0.4, 0.5) is 0 Å². The lowest BCUT2D eigenvalue weighted by atomic mass is 10.2. The molecular weight excluding hydrogens is 140 g/mol. The molecule has 0 saturated heterocycles. The fourth-order valence-electron chi connectivity index (χ4n) is 0.612. The molecule has 0 atom stereocenters. The summed E-state index contributed by atoms with van der Waals surface area (Å²) in [4.78, 5) is 10.3. The summed E-state index contributed by atoms with van der Waals surface area (Å²) in [5.41, 5.74) is 1.17. The van der Waals surface area contributed by atoms with E-state index >= 15 is 0 Å². The van der Waals surface area contributed by atoms with E-state index < -0.39 is 0 Å². The lowest BCUT2D eigenvalue weighted by Gasteiger charge is -1.97. The highest BCUT2D eigenvalue weighted by atomic mass is 16.5. The minimum absolute atomic E-state index is 0.243. The van der Waals surface area contributed by atoms with E-state index in [0.717, 1.165) is 6.42 Å². The van der Waals surface area contributed by atoms with Gasteiger partial charge in [0.1, 0.15) is 6.61 Å². The van der Waals surface area contributed by atoms with Crippen molar-refractivity contribution in [2.24, 2.45) is 0 Å². The van der Waals surface area contributed by atoms with Crippen molar-refractivity contribution in [2.75, 3.05) is 6.61 Å². The molecule has 0 saturated carbocycles. The van der Waals surface area contributed by atoms with Gasteiger partial charge in [-0.05, 0) is 19.4 Å². The van der Waals surface area contributed by atoms with Crippen molar-refractivity contribution < 1.29 is 9.53 Å². The topological polar surface area (TPSA) is 26.3 Å². The Hall–Kier alpha value is -1.05. The van der Waals surface area contributed by atoms with E-state index in [0.29, 0.717) is 6.61 Å². The normalized spacial score (nSPS) is 10.9. The van der Waals surface area contributed by atoms with Gasteiger partial charge in [-0.25, -0.2) is 0 Å². The van der Waals surface area contributed by atoms with Crippen LogP contribution in [-0.4, -0.2) is 12.6 Å². The quantitative estimate of drug-likeness (QED) is 0.457. The van der Waals surface area contributed by atoms with E-state index in [1.165, 1.54) is 12.5 Å². The Balaban J connectivity index is 3.55. The zero-order valence-corrected chi connectivity index (χ0v) is 7.09. The van der Waals surface area contributed by atoms with Gasteiger partial charge in [-0.1, -0.05) is 11.6 Å². The molecule has 2 nitrogen and oxygen atoms in total. The number of carbonyl (C=O) groups excluding carboxylic acids is 1. The van der Waals surface area contributed by atoms with Gasteiger partial charge in [-0.2, -0.15) is 0 Å². The van der Waals surface area contributed by atoms with Crippen LogP contribution in [0.2, 0.25) is 0 Å². The Bertz CT molecular complexity index is 168. The van der Waals surface area contributed by atoms with Gasteiger partial charge in [-0.3, -0.25) is 4.79 Å². The van der Waals surface area contributed by atoms with E-state index in [1.54, 1.807) is 0 Å². The van der Waals surface area contributed by atoms with Gasteiger partial charge in [0.25, 0.3) is 0 Å². The van der Waals surface area contributed by atoms with E-state index in [4.69, 9.17) is 4.74 Å². The standard InChI is InChI=1S/C9H14O2/c1-4-5-8(2)6-7-11-9(3)10/h4,6H,1,5,7H2,2-3H3/b8-6-. The average molecular weight is 154 g/mol. The molecule has 0 aromatic rings. The fourth-order valence-corrected chi connectivity index (χ4v) is 0.612. The summed E-state index contributed by atoms with van der Waals surface area (Å²) >= 11 is 0. The van der Waals surface area contributed by atoms with Crippen molar-refractivity contribution in [3.63, 3.8) is 0 Å². The predicted molar refractivity (Wildman–Crippen MR) is 45.2 cm³/mol. The SMILES string of the molecule is C=CC/C(C)=C\COC(C)=O. The van der Waals surface area contributed by atoms with Crippen LogP contribution >= 0.6 is 0 Å². The van der Waals surface area contributed by atoms with E-state index in [-0.39, 0.29) is 5.97 Å². The summed E-state index contributed by atoms with van der Waals surface area (Å²) in [6.45, 7) is 7.34. The van der Waals surface area contributed by atoms with Crippen LogP contribution in [0.15, 0.2) is 24.3 Å². The maximum absolute atomic E-state index is 10.3. The molecular formula is C9H14O2. The number of rotatable bonds is 4. The highest BCUT2D eigenvalue weighted by molar-refractivity contribution is 5.66. The summed E-state index contributed by atoms with van der Waals surface area (Å²) < 4.78 is 4.71. The molecule has 2 heteroatoms. The van der Waals surface area contributed by atoms with Gasteiger partial charge in [0, 0.05) is 6.92 Å². The van der Waals surface area contributed by atoms with Crippen molar-refractivity contribution in [1.82, 2.24) is 0 Å². The number of carbonyl (C=O) groups is 1. The third kappa shape index (κ3) is 6.84. The molecule has 11 heavy (non-hydrogen) atoms. The predicted octanol–water partition coefficient (Wildman–Crippen LogP) is 2.07. The van der Waals surface area contributed by atoms with Crippen LogP contribution in [0, 0.1) is 0 Å². The van der Waals surface area contributed by atoms with Gasteiger partial charge < -0.3 is 4.74 Å². The van der Waals surface area contributed by atoms with Crippen molar-refractivity contribution in [3.05, 3.63) is 24.3 Å². The molecule has 0 spiro atoms. The molecule has 0 rings (SSSR count). The van der Waals surface area contributed by atoms with Gasteiger partial charge in [-0.15, -0.1) is 6.58 Å². The number of ether oxygens (including phenoxy) is 1. The summed E-state index contributed by atoms with van der Waals surface area (Å²) in [7, 11) is 0. The zero-order chi connectivity index (χ0) is 8.69. The maximum Gasteiger partial charge on any atom is 0.302 e. The molecule has 0 aromatic carbocycles. The summed E-state index contributed by atoms with van der Waals surface area (Å²) in [5, 5.41) is 0. The molecule has 0 aliphatic carbocycles. The van der Waals surface area contributed by atoms with Crippen LogP contribution in [-0.2, 0) is 9.53 Å². The second-order valence-electron chi connectivity index (χ2n) is 2.35. The molecule has 0 unspecified atom stereocenters. The van der Waals surface area contributed by atoms with Crippen molar-refractivity contribution in [3.8, 4) is 0 Å². The molecule has 0 fully saturated rings.